The predicted octanol–water partition coefficient (Wildman–Crippen LogP) is 2.38. The number of halogens is 4. The van der Waals surface area contributed by atoms with Gasteiger partial charge in [-0.1, -0.05) is 0 Å². The Bertz CT molecular complexity index is 551. The highest BCUT2D eigenvalue weighted by Gasteiger charge is 2.29. The Morgan fingerprint density at radius 2 is 1.00 bits per heavy atom. The molecule has 0 saturated carbocycles. The Balaban J connectivity index is 3.84. The summed E-state index contributed by atoms with van der Waals surface area (Å²) >= 11 is 0. The first kappa shape index (κ1) is 15.7. The van der Waals surface area contributed by atoms with Crippen molar-refractivity contribution in [3.05, 3.63) is 34.4 Å². The predicted molar refractivity (Wildman–Crippen MR) is 68.8 cm³/mol. The maximum atomic E-state index is 13.9. The summed E-state index contributed by atoms with van der Waals surface area (Å²) in [6.45, 7) is 0. The first-order valence-electron chi connectivity index (χ1n) is 5.25. The summed E-state index contributed by atoms with van der Waals surface area (Å²) < 4.78 is 55.5. The van der Waals surface area contributed by atoms with Gasteiger partial charge in [-0.3, -0.25) is 9.98 Å². The van der Waals surface area contributed by atoms with Crippen molar-refractivity contribution >= 4 is 23.9 Å². The van der Waals surface area contributed by atoms with E-state index in [2.05, 4.69) is 9.98 Å². The molecule has 2 N–H and O–H groups in total. The molecule has 1 aromatic carbocycles. The van der Waals surface area contributed by atoms with Gasteiger partial charge in [-0.05, 0) is 0 Å². The Morgan fingerprint density at radius 1 is 0.750 bits per heavy atom. The molecule has 0 saturated heterocycles. The molecule has 0 fully saturated rings. The maximum absolute atomic E-state index is 13.9. The number of nitrogens with one attached hydrogen (secondary N) is 2. The highest BCUT2D eigenvalue weighted by Crippen LogP contribution is 2.25. The molecule has 8 heteroatoms. The van der Waals surface area contributed by atoms with Crippen LogP contribution in [0.3, 0.4) is 0 Å². The molecule has 0 heterocycles. The number of rotatable bonds is 4. The zero-order valence-electron chi connectivity index (χ0n) is 10.6. The van der Waals surface area contributed by atoms with Crippen molar-refractivity contribution < 1.29 is 17.6 Å². The summed E-state index contributed by atoms with van der Waals surface area (Å²) in [4.78, 5) is 6.76. The average Bonchev–Trinajstić information content (AvgIpc) is 2.46. The van der Waals surface area contributed by atoms with E-state index in [-0.39, 0.29) is 0 Å². The van der Waals surface area contributed by atoms with Gasteiger partial charge in [-0.15, -0.1) is 0 Å². The molecular weight excluding hydrogens is 276 g/mol. The molecule has 1 rings (SSSR count). The van der Waals surface area contributed by atoms with Crippen molar-refractivity contribution in [2.24, 2.45) is 9.98 Å². The minimum atomic E-state index is -1.69. The van der Waals surface area contributed by atoms with Crippen molar-refractivity contribution in [1.29, 1.82) is 10.8 Å². The van der Waals surface area contributed by atoms with E-state index in [0.717, 1.165) is 14.1 Å². The monoisotopic (exact) mass is 286 g/mol. The lowest BCUT2D eigenvalue weighted by molar-refractivity contribution is 0.449. The van der Waals surface area contributed by atoms with Gasteiger partial charge in [-0.2, -0.15) is 0 Å². The molecule has 0 amide bonds. The van der Waals surface area contributed by atoms with E-state index in [1.54, 1.807) is 0 Å². The van der Waals surface area contributed by atoms with Crippen molar-refractivity contribution in [3.63, 3.8) is 0 Å². The summed E-state index contributed by atoms with van der Waals surface area (Å²) in [5.74, 6) is -6.76. The van der Waals surface area contributed by atoms with Crippen LogP contribution < -0.4 is 0 Å². The lowest BCUT2D eigenvalue weighted by Crippen LogP contribution is -2.18. The average molecular weight is 286 g/mol. The second-order valence-corrected chi connectivity index (χ2v) is 3.51. The summed E-state index contributed by atoms with van der Waals surface area (Å²) in [5.41, 5.74) is -3.23. The van der Waals surface area contributed by atoms with Crippen LogP contribution in [0.5, 0.6) is 0 Å². The van der Waals surface area contributed by atoms with E-state index in [1.807, 2.05) is 0 Å². The van der Waals surface area contributed by atoms with E-state index < -0.39 is 45.8 Å². The molecular formula is C12H10F4N4. The minimum absolute atomic E-state index is 0.478. The third kappa shape index (κ3) is 2.36. The number of benzene rings is 1. The van der Waals surface area contributed by atoms with E-state index in [0.29, 0.717) is 12.4 Å². The van der Waals surface area contributed by atoms with Gasteiger partial charge >= 0.3 is 0 Å². The molecule has 0 bridgehead atoms. The van der Waals surface area contributed by atoms with Crippen LogP contribution in [0.15, 0.2) is 9.98 Å². The zero-order chi connectivity index (χ0) is 15.4. The summed E-state index contributed by atoms with van der Waals surface area (Å²) in [6, 6.07) is 0. The van der Waals surface area contributed by atoms with E-state index in [9.17, 15) is 17.6 Å². The number of nitrogens with zero attached hydrogens (tertiary/aromatic N) is 2. The summed E-state index contributed by atoms with van der Waals surface area (Å²) in [5, 5.41) is 13.9. The Labute approximate surface area is 111 Å². The van der Waals surface area contributed by atoms with Crippen LogP contribution in [0.1, 0.15) is 11.1 Å². The highest BCUT2D eigenvalue weighted by atomic mass is 19.2. The van der Waals surface area contributed by atoms with Crippen LogP contribution in [0.25, 0.3) is 0 Å². The van der Waals surface area contributed by atoms with Crippen LogP contribution in [-0.4, -0.2) is 37.9 Å². The van der Waals surface area contributed by atoms with Crippen molar-refractivity contribution in [2.75, 3.05) is 14.1 Å². The van der Waals surface area contributed by atoms with E-state index >= 15 is 0 Å². The van der Waals surface area contributed by atoms with Gasteiger partial charge in [-0.25, -0.2) is 17.6 Å². The van der Waals surface area contributed by atoms with Crippen LogP contribution >= 0.6 is 0 Å². The van der Waals surface area contributed by atoms with Crippen molar-refractivity contribution in [2.45, 2.75) is 0 Å². The number of hydrogen-bond donors (Lipinski definition) is 2. The summed E-state index contributed by atoms with van der Waals surface area (Å²) in [6.07, 6.45) is 0.955. The molecule has 0 atom stereocenters. The second-order valence-electron chi connectivity index (χ2n) is 3.51. The lowest BCUT2D eigenvalue weighted by Gasteiger charge is -2.11. The Morgan fingerprint density at radius 3 is 1.15 bits per heavy atom. The quantitative estimate of drug-likeness (QED) is 0.484. The van der Waals surface area contributed by atoms with E-state index in [1.165, 1.54) is 0 Å². The molecule has 106 valence electrons. The number of aliphatic imine (C=N–C) groups is 2. The molecule has 0 spiro atoms. The standard InChI is InChI=1S/C12H10F4N4/c1-19-5(3-17)7-9(13)11(15)8(6(4-18)20-2)12(16)10(7)14/h3-4,17-18H,1-2H3/b17-3?,18-4?,19-5-,20-6-. The molecule has 0 aromatic heterocycles. The SMILES string of the molecule is C/N=C(/C=N)c1c(F)c(F)c(/C(C=N)=N\C)c(F)c1F. The van der Waals surface area contributed by atoms with Crippen molar-refractivity contribution in [1.82, 2.24) is 0 Å². The first-order chi connectivity index (χ1) is 9.44. The molecule has 0 aliphatic heterocycles. The minimum Gasteiger partial charge on any atom is -0.306 e. The van der Waals surface area contributed by atoms with Crippen LogP contribution in [0, 0.1) is 34.1 Å². The van der Waals surface area contributed by atoms with Gasteiger partial charge in [0.15, 0.2) is 23.3 Å². The fourth-order valence-corrected chi connectivity index (χ4v) is 1.58. The smallest absolute Gasteiger partial charge is 0.172 e. The number of hydrogen-bond acceptors (Lipinski definition) is 4. The van der Waals surface area contributed by atoms with Gasteiger partial charge in [0.2, 0.25) is 0 Å². The first-order valence-corrected chi connectivity index (χ1v) is 5.25. The molecule has 0 unspecified atom stereocenters. The fourth-order valence-electron chi connectivity index (χ4n) is 1.58. The van der Waals surface area contributed by atoms with Gasteiger partial charge in [0, 0.05) is 26.5 Å². The zero-order valence-corrected chi connectivity index (χ0v) is 10.6. The molecule has 0 aliphatic rings. The third-order valence-electron chi connectivity index (χ3n) is 2.53. The fraction of sp³-hybridized carbons (Fsp3) is 0.167. The normalized spacial score (nSPS) is 12.5. The Hall–Kier alpha value is -2.38. The van der Waals surface area contributed by atoms with Crippen LogP contribution in [0.4, 0.5) is 17.6 Å². The molecule has 20 heavy (non-hydrogen) atoms. The topological polar surface area (TPSA) is 72.4 Å². The van der Waals surface area contributed by atoms with Gasteiger partial charge < -0.3 is 10.8 Å². The summed E-state index contributed by atoms with van der Waals surface area (Å²) in [7, 11) is 2.25. The van der Waals surface area contributed by atoms with Crippen LogP contribution in [-0.2, 0) is 0 Å². The van der Waals surface area contributed by atoms with Crippen LogP contribution in [0.2, 0.25) is 0 Å². The molecule has 4 nitrogen and oxygen atoms in total. The van der Waals surface area contributed by atoms with E-state index in [4.69, 9.17) is 10.8 Å². The van der Waals surface area contributed by atoms with Crippen molar-refractivity contribution in [3.8, 4) is 0 Å². The Kier molecular flexibility index (Phi) is 4.84. The maximum Gasteiger partial charge on any atom is 0.172 e. The van der Waals surface area contributed by atoms with Gasteiger partial charge in [0.1, 0.15) is 0 Å². The lowest BCUT2D eigenvalue weighted by atomic mass is 10.0. The second kappa shape index (κ2) is 6.18. The molecule has 0 aliphatic carbocycles. The van der Waals surface area contributed by atoms with Gasteiger partial charge in [0.25, 0.3) is 0 Å². The largest absolute Gasteiger partial charge is 0.306 e. The molecule has 0 radical (unpaired) electrons. The highest BCUT2D eigenvalue weighted by molar-refractivity contribution is 6.39. The third-order valence-corrected chi connectivity index (χ3v) is 2.53. The van der Waals surface area contributed by atoms with Gasteiger partial charge in [0.05, 0.1) is 22.6 Å². The molecule has 1 aromatic rings.